The lowest BCUT2D eigenvalue weighted by Gasteiger charge is -2.01. The van der Waals surface area contributed by atoms with E-state index in [0.717, 1.165) is 0 Å². The number of hydrogen-bond donors (Lipinski definition) is 1. The topological polar surface area (TPSA) is 63.1 Å². The molecule has 0 aliphatic heterocycles. The van der Waals surface area contributed by atoms with Crippen LogP contribution in [0.5, 0.6) is 0 Å². The number of hydrogen-bond acceptors (Lipinski definition) is 3. The van der Waals surface area contributed by atoms with Crippen molar-refractivity contribution in [1.82, 2.24) is 9.97 Å². The summed E-state index contributed by atoms with van der Waals surface area (Å²) in [5, 5.41) is 8.69. The maximum Gasteiger partial charge on any atom is 0.338 e. The molecule has 0 fully saturated rings. The number of carboxylic acids is 1. The fraction of sp³-hybridized carbons (Fsp3) is 0. The summed E-state index contributed by atoms with van der Waals surface area (Å²) in [4.78, 5) is 18.4. The molecule has 1 aromatic heterocycles. The van der Waals surface area contributed by atoms with Gasteiger partial charge in [-0.1, -0.05) is 15.9 Å². The number of carbonyl (C=O) groups is 1. The zero-order chi connectivity index (χ0) is 12.4. The lowest BCUT2D eigenvalue weighted by Crippen LogP contribution is -1.99. The molecule has 0 aliphatic carbocycles. The van der Waals surface area contributed by atoms with Crippen LogP contribution in [0.25, 0.3) is 11.4 Å². The highest BCUT2D eigenvalue weighted by atomic mass is 79.9. The molecule has 0 bridgehead atoms. The van der Waals surface area contributed by atoms with Gasteiger partial charge >= 0.3 is 5.97 Å². The van der Waals surface area contributed by atoms with E-state index >= 15 is 0 Å². The molecule has 4 nitrogen and oxygen atoms in total. The number of aromatic carboxylic acids is 1. The fourth-order valence-electron chi connectivity index (χ4n) is 1.27. The maximum atomic E-state index is 13.1. The van der Waals surface area contributed by atoms with Crippen molar-refractivity contribution in [3.05, 3.63) is 46.4 Å². The molecular weight excluding hydrogens is 291 g/mol. The molecule has 17 heavy (non-hydrogen) atoms. The van der Waals surface area contributed by atoms with E-state index in [1.54, 1.807) is 6.07 Å². The Labute approximate surface area is 104 Å². The van der Waals surface area contributed by atoms with Crippen molar-refractivity contribution in [1.29, 1.82) is 0 Å². The second-order valence-electron chi connectivity index (χ2n) is 3.26. The van der Waals surface area contributed by atoms with Crippen LogP contribution in [0, 0.1) is 5.82 Å². The second-order valence-corrected chi connectivity index (χ2v) is 4.17. The largest absolute Gasteiger partial charge is 0.478 e. The highest BCUT2D eigenvalue weighted by Crippen LogP contribution is 2.21. The van der Waals surface area contributed by atoms with Gasteiger partial charge in [0.2, 0.25) is 0 Å². The molecule has 86 valence electrons. The molecule has 1 N–H and O–H groups in total. The van der Waals surface area contributed by atoms with E-state index in [-0.39, 0.29) is 11.4 Å². The van der Waals surface area contributed by atoms with Crippen LogP contribution in [0.4, 0.5) is 4.39 Å². The molecule has 1 aromatic carbocycles. The summed E-state index contributed by atoms with van der Waals surface area (Å²) in [6.45, 7) is 0. The van der Waals surface area contributed by atoms with Gasteiger partial charge in [-0.25, -0.2) is 19.2 Å². The van der Waals surface area contributed by atoms with Crippen LogP contribution in [0.15, 0.2) is 35.1 Å². The minimum absolute atomic E-state index is 0.00998. The first-order chi connectivity index (χ1) is 8.06. The molecule has 0 saturated carbocycles. The Morgan fingerprint density at radius 1 is 1.24 bits per heavy atom. The molecule has 2 rings (SSSR count). The SMILES string of the molecule is O=C(O)c1cnc(-c2cc(F)cc(Br)c2)nc1. The van der Waals surface area contributed by atoms with Crippen LogP contribution in [-0.4, -0.2) is 21.0 Å². The normalized spacial score (nSPS) is 10.2. The van der Waals surface area contributed by atoms with Crippen molar-refractivity contribution in [2.45, 2.75) is 0 Å². The maximum absolute atomic E-state index is 13.1. The van der Waals surface area contributed by atoms with Gasteiger partial charge in [-0.2, -0.15) is 0 Å². The minimum Gasteiger partial charge on any atom is -0.478 e. The highest BCUT2D eigenvalue weighted by Gasteiger charge is 2.07. The molecule has 2 aromatic rings. The number of carboxylic acid groups (broad SMARTS) is 1. The Kier molecular flexibility index (Phi) is 3.14. The van der Waals surface area contributed by atoms with E-state index in [4.69, 9.17) is 5.11 Å². The van der Waals surface area contributed by atoms with E-state index in [0.29, 0.717) is 10.0 Å². The summed E-state index contributed by atoms with van der Waals surface area (Å²) in [6.07, 6.45) is 2.37. The van der Waals surface area contributed by atoms with Gasteiger partial charge in [-0.05, 0) is 18.2 Å². The average Bonchev–Trinajstić information content (AvgIpc) is 2.28. The van der Waals surface area contributed by atoms with E-state index in [1.807, 2.05) is 0 Å². The van der Waals surface area contributed by atoms with Crippen molar-refractivity contribution < 1.29 is 14.3 Å². The van der Waals surface area contributed by atoms with Crippen LogP contribution in [0.1, 0.15) is 10.4 Å². The number of aromatic nitrogens is 2. The molecule has 0 amide bonds. The Morgan fingerprint density at radius 3 is 2.41 bits per heavy atom. The number of nitrogens with zero attached hydrogens (tertiary/aromatic N) is 2. The van der Waals surface area contributed by atoms with E-state index in [1.165, 1.54) is 24.5 Å². The van der Waals surface area contributed by atoms with Gasteiger partial charge in [0.15, 0.2) is 5.82 Å². The minimum atomic E-state index is -1.10. The Hall–Kier alpha value is -1.82. The molecule has 1 heterocycles. The smallest absolute Gasteiger partial charge is 0.338 e. The molecule has 0 radical (unpaired) electrons. The lowest BCUT2D eigenvalue weighted by molar-refractivity contribution is 0.0696. The van der Waals surface area contributed by atoms with Crippen molar-refractivity contribution in [2.75, 3.05) is 0 Å². The van der Waals surface area contributed by atoms with Gasteiger partial charge in [0, 0.05) is 22.4 Å². The molecule has 6 heteroatoms. The molecule has 0 spiro atoms. The first-order valence-corrected chi connectivity index (χ1v) is 5.37. The monoisotopic (exact) mass is 296 g/mol. The highest BCUT2D eigenvalue weighted by molar-refractivity contribution is 9.10. The third kappa shape index (κ3) is 2.65. The number of benzene rings is 1. The molecule has 0 saturated heterocycles. The summed E-state index contributed by atoms with van der Waals surface area (Å²) in [6, 6.07) is 4.24. The van der Waals surface area contributed by atoms with Crippen LogP contribution in [0.2, 0.25) is 0 Å². The van der Waals surface area contributed by atoms with Crippen LogP contribution < -0.4 is 0 Å². The van der Waals surface area contributed by atoms with Gasteiger partial charge in [0.05, 0.1) is 5.56 Å². The first-order valence-electron chi connectivity index (χ1n) is 4.58. The Morgan fingerprint density at radius 2 is 1.88 bits per heavy atom. The zero-order valence-corrected chi connectivity index (χ0v) is 9.98. The summed E-state index contributed by atoms with van der Waals surface area (Å²) in [7, 11) is 0. The number of rotatable bonds is 2. The predicted molar refractivity (Wildman–Crippen MR) is 62.1 cm³/mol. The van der Waals surface area contributed by atoms with Gasteiger partial charge in [-0.15, -0.1) is 0 Å². The summed E-state index contributed by atoms with van der Waals surface area (Å²) < 4.78 is 13.7. The third-order valence-corrected chi connectivity index (χ3v) is 2.48. The van der Waals surface area contributed by atoms with E-state index in [9.17, 15) is 9.18 Å². The van der Waals surface area contributed by atoms with Gasteiger partial charge in [0.1, 0.15) is 5.82 Å². The van der Waals surface area contributed by atoms with Crippen molar-refractivity contribution in [3.63, 3.8) is 0 Å². The summed E-state index contributed by atoms with van der Waals surface area (Å²) in [5.74, 6) is -1.24. The van der Waals surface area contributed by atoms with Gasteiger partial charge in [0.25, 0.3) is 0 Å². The van der Waals surface area contributed by atoms with Crippen LogP contribution in [-0.2, 0) is 0 Å². The predicted octanol–water partition coefficient (Wildman–Crippen LogP) is 2.74. The lowest BCUT2D eigenvalue weighted by atomic mass is 10.2. The fourth-order valence-corrected chi connectivity index (χ4v) is 1.74. The van der Waals surface area contributed by atoms with Crippen LogP contribution >= 0.6 is 15.9 Å². The average molecular weight is 297 g/mol. The van der Waals surface area contributed by atoms with Gasteiger partial charge in [-0.3, -0.25) is 0 Å². The zero-order valence-electron chi connectivity index (χ0n) is 8.39. The van der Waals surface area contributed by atoms with Crippen molar-refractivity contribution in [3.8, 4) is 11.4 Å². The Balaban J connectivity index is 2.43. The number of halogens is 2. The standard InChI is InChI=1S/C11H6BrFN2O2/c12-8-1-6(2-9(13)3-8)10-14-4-7(5-15-10)11(16)17/h1-5H,(H,16,17). The first kappa shape index (κ1) is 11.7. The molecular formula is C11H6BrFN2O2. The van der Waals surface area contributed by atoms with E-state index < -0.39 is 11.8 Å². The van der Waals surface area contributed by atoms with Gasteiger partial charge < -0.3 is 5.11 Å². The van der Waals surface area contributed by atoms with E-state index in [2.05, 4.69) is 25.9 Å². The summed E-state index contributed by atoms with van der Waals surface area (Å²) in [5.41, 5.74) is 0.470. The molecule has 0 aliphatic rings. The Bertz CT molecular complexity index is 552. The van der Waals surface area contributed by atoms with Crippen LogP contribution in [0.3, 0.4) is 0 Å². The third-order valence-electron chi connectivity index (χ3n) is 2.02. The second kappa shape index (κ2) is 4.58. The quantitative estimate of drug-likeness (QED) is 0.925. The van der Waals surface area contributed by atoms with Crippen molar-refractivity contribution in [2.24, 2.45) is 0 Å². The van der Waals surface area contributed by atoms with Crippen molar-refractivity contribution >= 4 is 21.9 Å². The molecule has 0 unspecified atom stereocenters. The summed E-state index contributed by atoms with van der Waals surface area (Å²) >= 11 is 3.16. The molecule has 0 atom stereocenters.